The summed E-state index contributed by atoms with van der Waals surface area (Å²) in [5, 5.41) is 13.8. The number of hydrogen-bond donors (Lipinski definition) is 3. The number of aromatic hydroxyl groups is 1. The van der Waals surface area contributed by atoms with Crippen LogP contribution in [0.15, 0.2) is 66.7 Å². The highest BCUT2D eigenvalue weighted by molar-refractivity contribution is 7.81. The molecule has 33 heavy (non-hydrogen) atoms. The van der Waals surface area contributed by atoms with Crippen LogP contribution in [0.5, 0.6) is 5.75 Å². The van der Waals surface area contributed by atoms with E-state index in [1.807, 2.05) is 19.1 Å². The summed E-state index contributed by atoms with van der Waals surface area (Å²) >= 11 is 3.89. The fraction of sp³-hybridized carbons (Fsp3) is 0.240. The zero-order valence-electron chi connectivity index (χ0n) is 18.1. The molecule has 2 atom stereocenters. The van der Waals surface area contributed by atoms with Crippen LogP contribution in [0.2, 0.25) is 0 Å². The molecule has 3 aromatic carbocycles. The van der Waals surface area contributed by atoms with Crippen molar-refractivity contribution in [2.24, 2.45) is 5.92 Å². The van der Waals surface area contributed by atoms with Crippen molar-refractivity contribution in [1.29, 1.82) is 0 Å². The van der Waals surface area contributed by atoms with Crippen LogP contribution in [0.1, 0.15) is 35.4 Å². The molecular weight excluding hydrogens is 442 g/mol. The van der Waals surface area contributed by atoms with Gasteiger partial charge in [0.25, 0.3) is 5.91 Å². The number of ether oxygens (including phenoxy) is 2. The van der Waals surface area contributed by atoms with Gasteiger partial charge >= 0.3 is 12.1 Å². The number of hydrogen-bond acceptors (Lipinski definition) is 7. The molecule has 0 unspecified atom stereocenters. The summed E-state index contributed by atoms with van der Waals surface area (Å²) in [5.41, 5.74) is 0.992. The molecule has 0 aliphatic rings. The van der Waals surface area contributed by atoms with Crippen molar-refractivity contribution < 1.29 is 29.0 Å². The Labute approximate surface area is 197 Å². The normalized spacial score (nSPS) is 12.5. The van der Waals surface area contributed by atoms with E-state index in [1.165, 1.54) is 6.07 Å². The Morgan fingerprint density at radius 3 is 2.33 bits per heavy atom. The van der Waals surface area contributed by atoms with Gasteiger partial charge in [-0.15, -0.1) is 0 Å². The molecule has 172 valence electrons. The van der Waals surface area contributed by atoms with E-state index in [-0.39, 0.29) is 24.0 Å². The highest BCUT2D eigenvalue weighted by Crippen LogP contribution is 2.36. The Morgan fingerprint density at radius 1 is 0.970 bits per heavy atom. The van der Waals surface area contributed by atoms with Gasteiger partial charge in [-0.2, -0.15) is 12.6 Å². The molecule has 0 heterocycles. The van der Waals surface area contributed by atoms with Crippen LogP contribution in [-0.4, -0.2) is 35.4 Å². The lowest BCUT2D eigenvalue weighted by atomic mass is 9.90. The molecule has 0 bridgehead atoms. The van der Waals surface area contributed by atoms with Crippen LogP contribution in [-0.2, 0) is 14.3 Å². The van der Waals surface area contributed by atoms with Gasteiger partial charge in [0.05, 0.1) is 12.4 Å². The minimum atomic E-state index is -0.898. The van der Waals surface area contributed by atoms with Gasteiger partial charge < -0.3 is 14.6 Å². The Kier molecular flexibility index (Phi) is 8.32. The zero-order valence-corrected chi connectivity index (χ0v) is 19.0. The number of rotatable bonds is 8. The minimum Gasteiger partial charge on any atom is -0.507 e. The molecule has 8 heteroatoms. The maximum Gasteiger partial charge on any atom is 0.414 e. The molecule has 3 aromatic rings. The first-order chi connectivity index (χ1) is 15.9. The summed E-state index contributed by atoms with van der Waals surface area (Å²) in [7, 11) is 0. The molecule has 0 fully saturated rings. The van der Waals surface area contributed by atoms with Crippen molar-refractivity contribution >= 4 is 41.4 Å². The van der Waals surface area contributed by atoms with E-state index in [2.05, 4.69) is 17.9 Å². The lowest BCUT2D eigenvalue weighted by Crippen LogP contribution is -2.33. The fourth-order valence-corrected chi connectivity index (χ4v) is 3.59. The molecule has 7 nitrogen and oxygen atoms in total. The number of alkyl carbamates (subject to hydrolysis) is 1. The number of imide groups is 1. The third kappa shape index (κ3) is 6.26. The Hall–Kier alpha value is -3.52. The number of carbonyl (C=O) groups excluding carboxylic acids is 3. The van der Waals surface area contributed by atoms with Crippen LogP contribution in [0.3, 0.4) is 0 Å². The first-order valence-electron chi connectivity index (χ1n) is 10.4. The number of amides is 2. The van der Waals surface area contributed by atoms with Crippen LogP contribution >= 0.6 is 12.6 Å². The lowest BCUT2D eigenvalue weighted by Gasteiger charge is -2.26. The maximum absolute atomic E-state index is 12.6. The number of thiol groups is 1. The SMILES string of the molecule is C[C@@H](CCOC(=O)CS)[C@@H](OC(=O)NC(=O)c1ccccc1)c1ccc(O)c2ccccc12. The Morgan fingerprint density at radius 2 is 1.64 bits per heavy atom. The van der Waals surface area contributed by atoms with E-state index in [1.54, 1.807) is 48.5 Å². The highest BCUT2D eigenvalue weighted by Gasteiger charge is 2.27. The molecule has 0 radical (unpaired) electrons. The maximum atomic E-state index is 12.6. The number of phenols is 1. The van der Waals surface area contributed by atoms with Crippen LogP contribution in [0, 0.1) is 5.92 Å². The summed E-state index contributed by atoms with van der Waals surface area (Å²) < 4.78 is 10.8. The molecule has 2 amide bonds. The Bertz CT molecular complexity index is 1130. The predicted octanol–water partition coefficient (Wildman–Crippen LogP) is 4.65. The first-order valence-corrected chi connectivity index (χ1v) is 11.1. The average Bonchev–Trinajstić information content (AvgIpc) is 2.83. The largest absolute Gasteiger partial charge is 0.507 e. The third-order valence-corrected chi connectivity index (χ3v) is 5.47. The van der Waals surface area contributed by atoms with Gasteiger partial charge in [-0.3, -0.25) is 14.9 Å². The first kappa shape index (κ1) is 24.1. The minimum absolute atomic E-state index is 0.0269. The summed E-state index contributed by atoms with van der Waals surface area (Å²) in [5.74, 6) is -1.22. The average molecular weight is 468 g/mol. The van der Waals surface area contributed by atoms with E-state index in [4.69, 9.17) is 9.47 Å². The third-order valence-electron chi connectivity index (χ3n) is 5.21. The second kappa shape index (κ2) is 11.4. The van der Waals surface area contributed by atoms with Crippen molar-refractivity contribution in [2.45, 2.75) is 19.4 Å². The van der Waals surface area contributed by atoms with Crippen molar-refractivity contribution in [3.8, 4) is 5.75 Å². The number of esters is 1. The van der Waals surface area contributed by atoms with Gasteiger partial charge in [0.1, 0.15) is 11.9 Å². The predicted molar refractivity (Wildman–Crippen MR) is 127 cm³/mol. The second-order valence-electron chi connectivity index (χ2n) is 7.51. The molecule has 3 rings (SSSR count). The molecule has 0 saturated carbocycles. The van der Waals surface area contributed by atoms with Gasteiger partial charge in [-0.25, -0.2) is 4.79 Å². The van der Waals surface area contributed by atoms with E-state index in [9.17, 15) is 19.5 Å². The molecule has 0 aromatic heterocycles. The standard InChI is InChI=1S/C25H25NO6S/c1-16(13-14-31-22(28)15-33)23(20-11-12-21(27)19-10-6-5-9-18(19)20)32-25(30)26-24(29)17-7-3-2-4-8-17/h2-12,16,23,27,33H,13-15H2,1H3,(H,26,29,30)/t16-,23+/m0/s1. The van der Waals surface area contributed by atoms with E-state index in [0.717, 1.165) is 0 Å². The van der Waals surface area contributed by atoms with Crippen molar-refractivity contribution in [1.82, 2.24) is 5.32 Å². The molecular formula is C25H25NO6S. The van der Waals surface area contributed by atoms with Crippen LogP contribution < -0.4 is 5.32 Å². The molecule has 0 aliphatic heterocycles. The van der Waals surface area contributed by atoms with Crippen LogP contribution in [0.25, 0.3) is 10.8 Å². The van der Waals surface area contributed by atoms with Crippen molar-refractivity contribution in [3.05, 3.63) is 77.9 Å². The molecule has 2 N–H and O–H groups in total. The van der Waals surface area contributed by atoms with Crippen molar-refractivity contribution in [3.63, 3.8) is 0 Å². The second-order valence-corrected chi connectivity index (χ2v) is 7.83. The van der Waals surface area contributed by atoms with Crippen LogP contribution in [0.4, 0.5) is 4.79 Å². The number of fused-ring (bicyclic) bond motifs is 1. The number of benzene rings is 3. The number of phenolic OH excluding ortho intramolecular Hbond substituents is 1. The van der Waals surface area contributed by atoms with E-state index >= 15 is 0 Å². The number of carbonyl (C=O) groups is 3. The molecule has 0 aliphatic carbocycles. The molecule has 0 saturated heterocycles. The quantitative estimate of drug-likeness (QED) is 0.329. The topological polar surface area (TPSA) is 102 Å². The van der Waals surface area contributed by atoms with E-state index < -0.39 is 24.1 Å². The summed E-state index contributed by atoms with van der Waals surface area (Å²) in [6.45, 7) is 1.98. The van der Waals surface area contributed by atoms with Gasteiger partial charge in [0.2, 0.25) is 0 Å². The zero-order chi connectivity index (χ0) is 23.8. The lowest BCUT2D eigenvalue weighted by molar-refractivity contribution is -0.141. The smallest absolute Gasteiger partial charge is 0.414 e. The molecule has 0 spiro atoms. The van der Waals surface area contributed by atoms with Crippen molar-refractivity contribution in [2.75, 3.05) is 12.4 Å². The summed E-state index contributed by atoms with van der Waals surface area (Å²) in [6.07, 6.45) is -1.27. The number of nitrogens with one attached hydrogen (secondary N) is 1. The highest BCUT2D eigenvalue weighted by atomic mass is 32.1. The fourth-order valence-electron chi connectivity index (χ4n) is 3.50. The monoisotopic (exact) mass is 467 g/mol. The summed E-state index contributed by atoms with van der Waals surface area (Å²) in [4.78, 5) is 36.4. The van der Waals surface area contributed by atoms with Gasteiger partial charge in [-0.05, 0) is 30.0 Å². The van der Waals surface area contributed by atoms with Gasteiger partial charge in [0.15, 0.2) is 0 Å². The Balaban J connectivity index is 1.84. The van der Waals surface area contributed by atoms with E-state index in [0.29, 0.717) is 28.3 Å². The van der Waals surface area contributed by atoms with Gasteiger partial charge in [-0.1, -0.05) is 55.5 Å². The van der Waals surface area contributed by atoms with Gasteiger partial charge in [0, 0.05) is 22.4 Å². The summed E-state index contributed by atoms with van der Waals surface area (Å²) in [6, 6.07) is 18.8.